The normalized spacial score (nSPS) is 9.16. The molecule has 0 atom stereocenters. The summed E-state index contributed by atoms with van der Waals surface area (Å²) >= 11 is 4.82. The van der Waals surface area contributed by atoms with Crippen LogP contribution in [0.15, 0.2) is 16.5 Å². The molecule has 6 heteroatoms. The van der Waals surface area contributed by atoms with E-state index in [-0.39, 0.29) is 5.76 Å². The summed E-state index contributed by atoms with van der Waals surface area (Å²) in [5.41, 5.74) is 4.93. The molecule has 19 heavy (non-hydrogen) atoms. The number of furan rings is 1. The Morgan fingerprint density at radius 2 is 2.21 bits per heavy atom. The Morgan fingerprint density at radius 1 is 1.42 bits per heavy atom. The SMILES string of the molecule is CCCCC#Cc1ccc(C(=O)NNC(=S)NC)o1. The molecule has 0 aliphatic rings. The van der Waals surface area contributed by atoms with Crippen molar-refractivity contribution in [2.24, 2.45) is 0 Å². The van der Waals surface area contributed by atoms with Crippen molar-refractivity contribution in [3.05, 3.63) is 23.7 Å². The zero-order valence-corrected chi connectivity index (χ0v) is 11.8. The minimum absolute atomic E-state index is 0.186. The van der Waals surface area contributed by atoms with E-state index in [1.807, 2.05) is 0 Å². The van der Waals surface area contributed by atoms with Gasteiger partial charge in [0.25, 0.3) is 0 Å². The predicted octanol–water partition coefficient (Wildman–Crippen LogP) is 1.56. The fraction of sp³-hybridized carbons (Fsp3) is 0.385. The lowest BCUT2D eigenvalue weighted by molar-refractivity contribution is 0.0915. The summed E-state index contributed by atoms with van der Waals surface area (Å²) in [6.07, 6.45) is 3.00. The van der Waals surface area contributed by atoms with Crippen LogP contribution in [0.25, 0.3) is 0 Å². The van der Waals surface area contributed by atoms with Gasteiger partial charge in [0.2, 0.25) is 0 Å². The van der Waals surface area contributed by atoms with Gasteiger partial charge in [-0.05, 0) is 36.7 Å². The molecule has 1 rings (SSSR count). The molecule has 0 aliphatic carbocycles. The molecule has 0 fully saturated rings. The molecule has 1 aromatic rings. The van der Waals surface area contributed by atoms with Gasteiger partial charge in [-0.3, -0.25) is 15.6 Å². The van der Waals surface area contributed by atoms with Crippen LogP contribution >= 0.6 is 12.2 Å². The number of carbonyl (C=O) groups is 1. The van der Waals surface area contributed by atoms with Crippen LogP contribution in [0.3, 0.4) is 0 Å². The number of hydrogen-bond acceptors (Lipinski definition) is 3. The number of rotatable bonds is 3. The lowest BCUT2D eigenvalue weighted by Gasteiger charge is -2.06. The van der Waals surface area contributed by atoms with Crippen LogP contribution in [-0.4, -0.2) is 18.1 Å². The van der Waals surface area contributed by atoms with Crippen LogP contribution in [0.2, 0.25) is 0 Å². The Balaban J connectivity index is 2.51. The summed E-state index contributed by atoms with van der Waals surface area (Å²) in [5.74, 6) is 6.13. The van der Waals surface area contributed by atoms with Crippen LogP contribution in [0.4, 0.5) is 0 Å². The number of hydrogen-bond donors (Lipinski definition) is 3. The Kier molecular flexibility index (Phi) is 6.47. The second kappa shape index (κ2) is 8.16. The maximum atomic E-state index is 11.7. The molecular formula is C13H17N3O2S. The van der Waals surface area contributed by atoms with Gasteiger partial charge in [0.1, 0.15) is 0 Å². The Labute approximate surface area is 118 Å². The molecule has 0 aliphatic heterocycles. The number of unbranched alkanes of at least 4 members (excludes halogenated alkanes) is 2. The van der Waals surface area contributed by atoms with Crippen molar-refractivity contribution in [1.82, 2.24) is 16.2 Å². The van der Waals surface area contributed by atoms with Gasteiger partial charge in [0.15, 0.2) is 16.6 Å². The molecule has 1 heterocycles. The molecule has 0 saturated heterocycles. The third-order valence-electron chi connectivity index (χ3n) is 2.21. The van der Waals surface area contributed by atoms with Gasteiger partial charge < -0.3 is 9.73 Å². The third-order valence-corrected chi connectivity index (χ3v) is 2.52. The number of nitrogens with one attached hydrogen (secondary N) is 3. The number of hydrazine groups is 1. The highest BCUT2D eigenvalue weighted by Crippen LogP contribution is 2.06. The molecule has 0 aromatic carbocycles. The molecule has 3 N–H and O–H groups in total. The summed E-state index contributed by atoms with van der Waals surface area (Å²) in [4.78, 5) is 11.7. The molecule has 1 aromatic heterocycles. The highest BCUT2D eigenvalue weighted by Gasteiger charge is 2.09. The topological polar surface area (TPSA) is 66.3 Å². The molecular weight excluding hydrogens is 262 g/mol. The summed E-state index contributed by atoms with van der Waals surface area (Å²) < 4.78 is 5.30. The van der Waals surface area contributed by atoms with Gasteiger partial charge in [0.05, 0.1) is 0 Å². The summed E-state index contributed by atoms with van der Waals surface area (Å²) in [6.45, 7) is 2.11. The lowest BCUT2D eigenvalue weighted by atomic mass is 10.2. The van der Waals surface area contributed by atoms with E-state index in [0.717, 1.165) is 19.3 Å². The lowest BCUT2D eigenvalue weighted by Crippen LogP contribution is -2.45. The van der Waals surface area contributed by atoms with Gasteiger partial charge in [-0.1, -0.05) is 19.3 Å². The largest absolute Gasteiger partial charge is 0.443 e. The Bertz CT molecular complexity index is 499. The summed E-state index contributed by atoms with van der Waals surface area (Å²) in [5, 5.41) is 2.99. The van der Waals surface area contributed by atoms with E-state index in [4.69, 9.17) is 16.6 Å². The van der Waals surface area contributed by atoms with Gasteiger partial charge in [-0.2, -0.15) is 0 Å². The van der Waals surface area contributed by atoms with Crippen molar-refractivity contribution < 1.29 is 9.21 Å². The first-order valence-corrected chi connectivity index (χ1v) is 6.45. The van der Waals surface area contributed by atoms with Crippen molar-refractivity contribution in [1.29, 1.82) is 0 Å². The van der Waals surface area contributed by atoms with Crippen LogP contribution < -0.4 is 16.2 Å². The zero-order chi connectivity index (χ0) is 14.1. The fourth-order valence-corrected chi connectivity index (χ4v) is 1.23. The average Bonchev–Trinajstić information content (AvgIpc) is 2.89. The van der Waals surface area contributed by atoms with Crippen molar-refractivity contribution in [2.45, 2.75) is 26.2 Å². The fourth-order valence-electron chi connectivity index (χ4n) is 1.18. The first kappa shape index (κ1) is 15.1. The van der Waals surface area contributed by atoms with Gasteiger partial charge in [0, 0.05) is 13.5 Å². The second-order valence-electron chi connectivity index (χ2n) is 3.73. The molecule has 0 spiro atoms. The molecule has 0 saturated carbocycles. The summed E-state index contributed by atoms with van der Waals surface area (Å²) in [6, 6.07) is 3.24. The van der Waals surface area contributed by atoms with Crippen molar-refractivity contribution >= 4 is 23.2 Å². The van der Waals surface area contributed by atoms with Crippen molar-refractivity contribution in [3.8, 4) is 11.8 Å². The van der Waals surface area contributed by atoms with Crippen LogP contribution in [0.1, 0.15) is 42.5 Å². The van der Waals surface area contributed by atoms with Crippen LogP contribution in [0.5, 0.6) is 0 Å². The van der Waals surface area contributed by atoms with E-state index in [9.17, 15) is 4.79 Å². The third kappa shape index (κ3) is 5.44. The van der Waals surface area contributed by atoms with Crippen molar-refractivity contribution in [3.63, 3.8) is 0 Å². The number of amides is 1. The average molecular weight is 279 g/mol. The first-order valence-electron chi connectivity index (χ1n) is 6.04. The number of thiocarbonyl (C=S) groups is 1. The monoisotopic (exact) mass is 279 g/mol. The van der Waals surface area contributed by atoms with Crippen LogP contribution in [-0.2, 0) is 0 Å². The standard InChI is InChI=1S/C13H17N3O2S/c1-3-4-5-6-7-10-8-9-11(18-10)12(17)15-16-13(19)14-2/h8-9H,3-5H2,1-2H3,(H,15,17)(H2,14,16,19). The van der Waals surface area contributed by atoms with E-state index in [0.29, 0.717) is 10.9 Å². The van der Waals surface area contributed by atoms with E-state index < -0.39 is 5.91 Å². The van der Waals surface area contributed by atoms with Gasteiger partial charge in [-0.15, -0.1) is 0 Å². The molecule has 5 nitrogen and oxygen atoms in total. The molecule has 0 radical (unpaired) electrons. The Hall–Kier alpha value is -2.00. The minimum Gasteiger partial charge on any atom is -0.443 e. The van der Waals surface area contributed by atoms with Gasteiger partial charge in [-0.25, -0.2) is 0 Å². The van der Waals surface area contributed by atoms with E-state index in [1.54, 1.807) is 19.2 Å². The molecule has 102 valence electrons. The van der Waals surface area contributed by atoms with E-state index in [1.165, 1.54) is 0 Å². The highest BCUT2D eigenvalue weighted by molar-refractivity contribution is 7.80. The maximum Gasteiger partial charge on any atom is 0.305 e. The number of carbonyl (C=O) groups excluding carboxylic acids is 1. The predicted molar refractivity (Wildman–Crippen MR) is 77.4 cm³/mol. The molecule has 0 unspecified atom stereocenters. The molecule has 1 amide bonds. The quantitative estimate of drug-likeness (QED) is 0.339. The zero-order valence-electron chi connectivity index (χ0n) is 11.0. The summed E-state index contributed by atoms with van der Waals surface area (Å²) in [7, 11) is 1.65. The second-order valence-corrected chi connectivity index (χ2v) is 4.14. The van der Waals surface area contributed by atoms with Crippen LogP contribution in [0, 0.1) is 11.8 Å². The van der Waals surface area contributed by atoms with E-state index >= 15 is 0 Å². The van der Waals surface area contributed by atoms with Crippen molar-refractivity contribution in [2.75, 3.05) is 7.05 Å². The smallest absolute Gasteiger partial charge is 0.305 e. The highest BCUT2D eigenvalue weighted by atomic mass is 32.1. The van der Waals surface area contributed by atoms with E-state index in [2.05, 4.69) is 34.9 Å². The van der Waals surface area contributed by atoms with Gasteiger partial charge >= 0.3 is 5.91 Å². The maximum absolute atomic E-state index is 11.7. The Morgan fingerprint density at radius 3 is 2.89 bits per heavy atom. The first-order chi connectivity index (χ1) is 9.17. The minimum atomic E-state index is -0.404. The molecule has 0 bridgehead atoms.